The van der Waals surface area contributed by atoms with E-state index in [1.165, 1.54) is 96.7 Å². The second-order valence-electron chi connectivity index (χ2n) is 11.9. The van der Waals surface area contributed by atoms with E-state index in [2.05, 4.69) is 20.9 Å². The van der Waals surface area contributed by atoms with Crippen LogP contribution in [0.3, 0.4) is 0 Å². The summed E-state index contributed by atoms with van der Waals surface area (Å²) in [4.78, 5) is 15.2. The second kappa shape index (κ2) is 22.1. The fourth-order valence-corrected chi connectivity index (χ4v) is 6.09. The monoisotopic (exact) mass is 522 g/mol. The molecule has 7 N–H and O–H groups in total. The number of rotatable bonds is 22. The van der Waals surface area contributed by atoms with Crippen LogP contribution in [0.4, 0.5) is 0 Å². The van der Waals surface area contributed by atoms with Crippen molar-refractivity contribution in [1.29, 1.82) is 0 Å². The zero-order valence-electron chi connectivity index (χ0n) is 24.1. The smallest absolute Gasteiger partial charge is 0.236 e. The third-order valence-electron chi connectivity index (χ3n) is 8.40. The average Bonchev–Trinajstić information content (AvgIpc) is 2.92. The van der Waals surface area contributed by atoms with Gasteiger partial charge in [-0.15, -0.1) is 0 Å². The lowest BCUT2D eigenvalue weighted by Gasteiger charge is -2.33. The Balaban J connectivity index is 1.49. The van der Waals surface area contributed by atoms with Crippen molar-refractivity contribution in [3.63, 3.8) is 0 Å². The molecule has 218 valence electrons. The van der Waals surface area contributed by atoms with Gasteiger partial charge in [-0.25, -0.2) is 0 Å². The zero-order chi connectivity index (χ0) is 26.4. The summed E-state index contributed by atoms with van der Waals surface area (Å²) < 4.78 is 0. The van der Waals surface area contributed by atoms with Gasteiger partial charge in [0.25, 0.3) is 0 Å². The first-order valence-corrected chi connectivity index (χ1v) is 16.1. The highest BCUT2D eigenvalue weighted by atomic mass is 16.2. The molecular formula is C30H62N6O. The van der Waals surface area contributed by atoms with Gasteiger partial charge in [-0.1, -0.05) is 44.9 Å². The number of hydrogen-bond donors (Lipinski definition) is 5. The molecule has 0 bridgehead atoms. The van der Waals surface area contributed by atoms with Crippen LogP contribution in [0.5, 0.6) is 0 Å². The van der Waals surface area contributed by atoms with Crippen LogP contribution in [-0.4, -0.2) is 75.8 Å². The molecule has 1 atom stereocenters. The molecule has 2 aliphatic carbocycles. The summed E-state index contributed by atoms with van der Waals surface area (Å²) in [5.74, 6) is 1.83. The maximum atomic E-state index is 12.4. The van der Waals surface area contributed by atoms with E-state index in [0.29, 0.717) is 6.54 Å². The van der Waals surface area contributed by atoms with Crippen molar-refractivity contribution >= 4 is 5.91 Å². The Kier molecular flexibility index (Phi) is 19.4. The standard InChI is InChI=1S/C30H62N6O/c31-18-11-21-33-19-8-9-20-34-22-12-23-35-30(37)29(32)17-7-10-24-36(25-27-13-3-1-4-14-27)26-28-15-5-2-6-16-28/h27-29,33-34H,1-26,31-32H2,(H,35,37)/t29-/m1/s1. The van der Waals surface area contributed by atoms with Crippen molar-refractivity contribution in [2.45, 2.75) is 115 Å². The zero-order valence-corrected chi connectivity index (χ0v) is 24.1. The van der Waals surface area contributed by atoms with E-state index in [0.717, 1.165) is 76.7 Å². The molecule has 7 nitrogen and oxygen atoms in total. The van der Waals surface area contributed by atoms with Gasteiger partial charge in [0.05, 0.1) is 6.04 Å². The maximum Gasteiger partial charge on any atom is 0.236 e. The van der Waals surface area contributed by atoms with E-state index in [-0.39, 0.29) is 11.9 Å². The molecule has 0 unspecified atom stereocenters. The summed E-state index contributed by atoms with van der Waals surface area (Å²) in [6, 6.07) is -0.370. The third kappa shape index (κ3) is 16.8. The number of unbranched alkanes of at least 4 members (excludes halogenated alkanes) is 2. The maximum absolute atomic E-state index is 12.4. The van der Waals surface area contributed by atoms with Crippen molar-refractivity contribution in [1.82, 2.24) is 20.9 Å². The summed E-state index contributed by atoms with van der Waals surface area (Å²) in [5.41, 5.74) is 11.7. The summed E-state index contributed by atoms with van der Waals surface area (Å²) in [5, 5.41) is 9.91. The first-order valence-electron chi connectivity index (χ1n) is 16.1. The van der Waals surface area contributed by atoms with Gasteiger partial charge >= 0.3 is 0 Å². The Morgan fingerprint density at radius 2 is 1.24 bits per heavy atom. The van der Waals surface area contributed by atoms with Crippen LogP contribution in [0.25, 0.3) is 0 Å². The first-order chi connectivity index (χ1) is 18.2. The van der Waals surface area contributed by atoms with Crippen molar-refractivity contribution in [2.24, 2.45) is 23.3 Å². The lowest BCUT2D eigenvalue weighted by molar-refractivity contribution is -0.122. The molecule has 7 heteroatoms. The third-order valence-corrected chi connectivity index (χ3v) is 8.40. The summed E-state index contributed by atoms with van der Waals surface area (Å²) in [6.45, 7) is 9.28. The predicted octanol–water partition coefficient (Wildman–Crippen LogP) is 3.76. The van der Waals surface area contributed by atoms with Crippen LogP contribution in [0.1, 0.15) is 109 Å². The van der Waals surface area contributed by atoms with Crippen LogP contribution in [-0.2, 0) is 4.79 Å². The molecule has 0 aromatic rings. The number of nitrogens with zero attached hydrogens (tertiary/aromatic N) is 1. The normalized spacial score (nSPS) is 18.4. The van der Waals surface area contributed by atoms with E-state index >= 15 is 0 Å². The van der Waals surface area contributed by atoms with Gasteiger partial charge in [-0.2, -0.15) is 0 Å². The quantitative estimate of drug-likeness (QED) is 0.139. The fraction of sp³-hybridized carbons (Fsp3) is 0.967. The minimum Gasteiger partial charge on any atom is -0.355 e. The van der Waals surface area contributed by atoms with Crippen LogP contribution in [0, 0.1) is 11.8 Å². The molecule has 0 saturated heterocycles. The molecule has 0 aliphatic heterocycles. The molecule has 0 aromatic heterocycles. The highest BCUT2D eigenvalue weighted by Gasteiger charge is 2.21. The van der Waals surface area contributed by atoms with E-state index in [4.69, 9.17) is 11.5 Å². The van der Waals surface area contributed by atoms with Crippen LogP contribution < -0.4 is 27.4 Å². The van der Waals surface area contributed by atoms with E-state index in [1.54, 1.807) is 0 Å². The molecule has 2 aliphatic rings. The molecule has 1 amide bonds. The van der Waals surface area contributed by atoms with E-state index in [9.17, 15) is 4.79 Å². The van der Waals surface area contributed by atoms with Gasteiger partial charge < -0.3 is 32.3 Å². The van der Waals surface area contributed by atoms with Gasteiger partial charge in [-0.3, -0.25) is 4.79 Å². The molecular weight excluding hydrogens is 460 g/mol. The number of carbonyl (C=O) groups excluding carboxylic acids is 1. The molecule has 37 heavy (non-hydrogen) atoms. The molecule has 0 heterocycles. The van der Waals surface area contributed by atoms with Crippen LogP contribution in [0.15, 0.2) is 0 Å². The highest BCUT2D eigenvalue weighted by molar-refractivity contribution is 5.81. The lowest BCUT2D eigenvalue weighted by atomic mass is 9.87. The van der Waals surface area contributed by atoms with Gasteiger partial charge in [0.2, 0.25) is 5.91 Å². The predicted molar refractivity (Wildman–Crippen MR) is 158 cm³/mol. The second-order valence-corrected chi connectivity index (χ2v) is 11.9. The topological polar surface area (TPSA) is 108 Å². The Labute approximate surface area is 229 Å². The van der Waals surface area contributed by atoms with Crippen molar-refractivity contribution in [3.8, 4) is 0 Å². The van der Waals surface area contributed by atoms with Gasteiger partial charge in [0.1, 0.15) is 0 Å². The Morgan fingerprint density at radius 3 is 1.81 bits per heavy atom. The molecule has 0 aromatic carbocycles. The Bertz CT molecular complexity index is 516. The van der Waals surface area contributed by atoms with E-state index < -0.39 is 0 Å². The largest absolute Gasteiger partial charge is 0.355 e. The van der Waals surface area contributed by atoms with Gasteiger partial charge in [-0.05, 0) is 115 Å². The lowest BCUT2D eigenvalue weighted by Crippen LogP contribution is -2.41. The van der Waals surface area contributed by atoms with Crippen molar-refractivity contribution < 1.29 is 4.79 Å². The number of nitrogens with one attached hydrogen (secondary N) is 3. The molecule has 2 rings (SSSR count). The van der Waals surface area contributed by atoms with Crippen LogP contribution in [0.2, 0.25) is 0 Å². The minimum atomic E-state index is -0.370. The van der Waals surface area contributed by atoms with Crippen molar-refractivity contribution in [3.05, 3.63) is 0 Å². The summed E-state index contributed by atoms with van der Waals surface area (Å²) >= 11 is 0. The number of carbonyl (C=O) groups is 1. The molecule has 2 saturated carbocycles. The molecule has 0 spiro atoms. The number of nitrogens with two attached hydrogens (primary N) is 2. The SMILES string of the molecule is NCCCNCCCCNCCCNC(=O)[C@H](N)CCCCN(CC1CCCCC1)CC1CCCCC1. The Hall–Kier alpha value is -0.730. The van der Waals surface area contributed by atoms with Gasteiger partial charge in [0.15, 0.2) is 0 Å². The number of hydrogen-bond acceptors (Lipinski definition) is 6. The summed E-state index contributed by atoms with van der Waals surface area (Å²) in [6.07, 6.45) is 21.6. The Morgan fingerprint density at radius 1 is 0.703 bits per heavy atom. The molecule has 2 fully saturated rings. The minimum absolute atomic E-state index is 0.0184. The van der Waals surface area contributed by atoms with E-state index in [1.807, 2.05) is 0 Å². The summed E-state index contributed by atoms with van der Waals surface area (Å²) in [7, 11) is 0. The van der Waals surface area contributed by atoms with Gasteiger partial charge in [0, 0.05) is 19.6 Å². The highest BCUT2D eigenvalue weighted by Crippen LogP contribution is 2.28. The average molecular weight is 523 g/mol. The number of amides is 1. The van der Waals surface area contributed by atoms with Crippen LogP contribution >= 0.6 is 0 Å². The molecule has 0 radical (unpaired) electrons. The fourth-order valence-electron chi connectivity index (χ4n) is 6.09. The van der Waals surface area contributed by atoms with Crippen molar-refractivity contribution in [2.75, 3.05) is 58.9 Å². The first kappa shape index (κ1) is 32.5.